The maximum absolute atomic E-state index is 12.8. The Morgan fingerprint density at radius 3 is 2.22 bits per heavy atom. The van der Waals surface area contributed by atoms with E-state index in [-0.39, 0.29) is 5.91 Å². The zero-order chi connectivity index (χ0) is 22.6. The van der Waals surface area contributed by atoms with E-state index in [2.05, 4.69) is 23.2 Å². The van der Waals surface area contributed by atoms with Gasteiger partial charge in [-0.1, -0.05) is 18.6 Å². The molecule has 7 heteroatoms. The molecule has 1 N–H and O–H groups in total. The lowest BCUT2D eigenvalue weighted by Gasteiger charge is -2.25. The van der Waals surface area contributed by atoms with E-state index in [1.165, 1.54) is 24.1 Å². The van der Waals surface area contributed by atoms with Gasteiger partial charge in [-0.2, -0.15) is 4.31 Å². The number of nitrogens with one attached hydrogen (secondary N) is 1. The minimum Gasteiger partial charge on any atom is -0.371 e. The summed E-state index contributed by atoms with van der Waals surface area (Å²) in [6.07, 6.45) is 6.34. The van der Waals surface area contributed by atoms with Crippen LogP contribution in [0, 0.1) is 6.92 Å². The topological polar surface area (TPSA) is 69.7 Å². The fraction of sp³-hybridized carbons (Fsp3) is 0.480. The minimum atomic E-state index is -3.41. The van der Waals surface area contributed by atoms with E-state index in [1.807, 2.05) is 24.3 Å². The third-order valence-corrected chi connectivity index (χ3v) is 8.36. The second-order valence-corrected chi connectivity index (χ2v) is 10.8. The molecule has 32 heavy (non-hydrogen) atoms. The SMILES string of the molecule is Cc1cc(NC(=O)CCc2ccc(S(=O)(=O)N3CCCCC3)cc2)ccc1N1CCCC1. The maximum atomic E-state index is 12.8. The van der Waals surface area contributed by atoms with Crippen molar-refractivity contribution in [1.29, 1.82) is 0 Å². The lowest BCUT2D eigenvalue weighted by Crippen LogP contribution is -2.35. The molecule has 4 rings (SSSR count). The number of hydrogen-bond acceptors (Lipinski definition) is 4. The molecule has 1 amide bonds. The summed E-state index contributed by atoms with van der Waals surface area (Å²) in [6, 6.07) is 13.1. The molecule has 0 bridgehead atoms. The van der Waals surface area contributed by atoms with Crippen LogP contribution in [-0.2, 0) is 21.2 Å². The van der Waals surface area contributed by atoms with Gasteiger partial charge in [-0.15, -0.1) is 0 Å². The Kier molecular flexibility index (Phi) is 7.16. The second-order valence-electron chi connectivity index (χ2n) is 8.85. The number of hydrogen-bond donors (Lipinski definition) is 1. The van der Waals surface area contributed by atoms with Crippen LogP contribution < -0.4 is 10.2 Å². The maximum Gasteiger partial charge on any atom is 0.243 e. The molecule has 2 saturated heterocycles. The second kappa shape index (κ2) is 10.0. The van der Waals surface area contributed by atoms with Crippen LogP contribution in [0.5, 0.6) is 0 Å². The largest absolute Gasteiger partial charge is 0.371 e. The minimum absolute atomic E-state index is 0.0386. The first-order chi connectivity index (χ1) is 15.4. The van der Waals surface area contributed by atoms with Crippen LogP contribution in [0.1, 0.15) is 49.7 Å². The summed E-state index contributed by atoms with van der Waals surface area (Å²) < 4.78 is 27.1. The Morgan fingerprint density at radius 1 is 0.906 bits per heavy atom. The lowest BCUT2D eigenvalue weighted by atomic mass is 10.1. The quantitative estimate of drug-likeness (QED) is 0.674. The summed E-state index contributed by atoms with van der Waals surface area (Å²) >= 11 is 0. The van der Waals surface area contributed by atoms with Gasteiger partial charge in [0, 0.05) is 44.0 Å². The molecule has 2 aliphatic heterocycles. The molecule has 0 atom stereocenters. The monoisotopic (exact) mass is 455 g/mol. The molecule has 2 aliphatic rings. The summed E-state index contributed by atoms with van der Waals surface area (Å²) in [6.45, 7) is 5.49. The van der Waals surface area contributed by atoms with Crippen molar-refractivity contribution in [2.75, 3.05) is 36.4 Å². The Bertz CT molecular complexity index is 1040. The van der Waals surface area contributed by atoms with E-state index in [0.29, 0.717) is 30.8 Å². The number of piperidine rings is 1. The predicted molar refractivity (Wildman–Crippen MR) is 129 cm³/mol. The lowest BCUT2D eigenvalue weighted by molar-refractivity contribution is -0.116. The van der Waals surface area contributed by atoms with Crippen LogP contribution >= 0.6 is 0 Å². The predicted octanol–water partition coefficient (Wildman–Crippen LogP) is 4.34. The molecule has 0 spiro atoms. The van der Waals surface area contributed by atoms with Crippen LogP contribution in [0.2, 0.25) is 0 Å². The number of amides is 1. The van der Waals surface area contributed by atoms with Crippen LogP contribution in [0.25, 0.3) is 0 Å². The van der Waals surface area contributed by atoms with Crippen molar-refractivity contribution >= 4 is 27.3 Å². The first-order valence-electron chi connectivity index (χ1n) is 11.7. The Hall–Kier alpha value is -2.38. The highest BCUT2D eigenvalue weighted by Gasteiger charge is 2.25. The van der Waals surface area contributed by atoms with E-state index in [0.717, 1.165) is 43.6 Å². The summed E-state index contributed by atoms with van der Waals surface area (Å²) in [5.41, 5.74) is 4.20. The third kappa shape index (κ3) is 5.33. The van der Waals surface area contributed by atoms with E-state index in [9.17, 15) is 13.2 Å². The fourth-order valence-corrected chi connectivity index (χ4v) is 6.13. The Balaban J connectivity index is 1.31. The summed E-state index contributed by atoms with van der Waals surface area (Å²) in [4.78, 5) is 15.2. The zero-order valence-electron chi connectivity index (χ0n) is 18.8. The van der Waals surface area contributed by atoms with Gasteiger partial charge in [0.15, 0.2) is 0 Å². The molecule has 2 aromatic rings. The van der Waals surface area contributed by atoms with Gasteiger partial charge in [-0.3, -0.25) is 4.79 Å². The molecule has 6 nitrogen and oxygen atoms in total. The molecule has 0 aliphatic carbocycles. The molecule has 0 saturated carbocycles. The summed E-state index contributed by atoms with van der Waals surface area (Å²) in [7, 11) is -3.41. The van der Waals surface area contributed by atoms with Crippen LogP contribution in [-0.4, -0.2) is 44.8 Å². The standard InChI is InChI=1S/C25H33N3O3S/c1-20-19-22(10-13-24(20)27-15-5-6-16-27)26-25(29)14-9-21-7-11-23(12-8-21)32(30,31)28-17-3-2-4-18-28/h7-8,10-13,19H,2-6,9,14-18H2,1H3,(H,26,29). The van der Waals surface area contributed by atoms with E-state index in [1.54, 1.807) is 16.4 Å². The average molecular weight is 456 g/mol. The number of rotatable bonds is 7. The van der Waals surface area contributed by atoms with Gasteiger partial charge in [0.05, 0.1) is 4.90 Å². The van der Waals surface area contributed by atoms with E-state index >= 15 is 0 Å². The average Bonchev–Trinajstić information content (AvgIpc) is 3.33. The molecule has 2 aromatic carbocycles. The van der Waals surface area contributed by atoms with Gasteiger partial charge < -0.3 is 10.2 Å². The molecule has 172 valence electrons. The van der Waals surface area contributed by atoms with E-state index < -0.39 is 10.0 Å². The number of nitrogens with zero attached hydrogens (tertiary/aromatic N) is 2. The van der Waals surface area contributed by atoms with Crippen LogP contribution in [0.3, 0.4) is 0 Å². The summed E-state index contributed by atoms with van der Waals surface area (Å²) in [5.74, 6) is -0.0386. The van der Waals surface area contributed by atoms with Crippen molar-refractivity contribution in [1.82, 2.24) is 4.31 Å². The number of sulfonamides is 1. The first-order valence-corrected chi connectivity index (χ1v) is 13.1. The summed E-state index contributed by atoms with van der Waals surface area (Å²) in [5, 5.41) is 2.99. The van der Waals surface area contributed by atoms with Crippen molar-refractivity contribution in [2.45, 2.75) is 56.8 Å². The number of benzene rings is 2. The van der Waals surface area contributed by atoms with Gasteiger partial charge in [0.25, 0.3) is 0 Å². The number of carbonyl (C=O) groups excluding carboxylic acids is 1. The smallest absolute Gasteiger partial charge is 0.243 e. The first kappa shape index (κ1) is 22.8. The Morgan fingerprint density at radius 2 is 1.56 bits per heavy atom. The molecule has 0 aromatic heterocycles. The Labute approximate surface area is 191 Å². The van der Waals surface area contributed by atoms with E-state index in [4.69, 9.17) is 0 Å². The highest BCUT2D eigenvalue weighted by atomic mass is 32.2. The molecular formula is C25H33N3O3S. The van der Waals surface area contributed by atoms with Crippen molar-refractivity contribution in [3.05, 3.63) is 53.6 Å². The molecule has 2 fully saturated rings. The van der Waals surface area contributed by atoms with Crippen LogP contribution in [0.4, 0.5) is 11.4 Å². The fourth-order valence-electron chi connectivity index (χ4n) is 4.61. The highest BCUT2D eigenvalue weighted by molar-refractivity contribution is 7.89. The van der Waals surface area contributed by atoms with Crippen molar-refractivity contribution in [3.63, 3.8) is 0 Å². The van der Waals surface area contributed by atoms with Gasteiger partial charge in [0.1, 0.15) is 0 Å². The van der Waals surface area contributed by atoms with Gasteiger partial charge in [-0.25, -0.2) is 8.42 Å². The normalized spacial score (nSPS) is 17.5. The van der Waals surface area contributed by atoms with Crippen LogP contribution in [0.15, 0.2) is 47.4 Å². The van der Waals surface area contributed by atoms with Crippen molar-refractivity contribution in [2.24, 2.45) is 0 Å². The molecule has 0 unspecified atom stereocenters. The van der Waals surface area contributed by atoms with Gasteiger partial charge >= 0.3 is 0 Å². The highest BCUT2D eigenvalue weighted by Crippen LogP contribution is 2.27. The number of carbonyl (C=O) groups is 1. The zero-order valence-corrected chi connectivity index (χ0v) is 19.7. The number of anilines is 2. The molecular weight excluding hydrogens is 422 g/mol. The van der Waals surface area contributed by atoms with Crippen molar-refractivity contribution in [3.8, 4) is 0 Å². The van der Waals surface area contributed by atoms with Crippen molar-refractivity contribution < 1.29 is 13.2 Å². The molecule has 2 heterocycles. The molecule has 0 radical (unpaired) electrons. The number of aryl methyl sites for hydroxylation is 2. The van der Waals surface area contributed by atoms with Gasteiger partial charge in [-0.05, 0) is 80.5 Å². The van der Waals surface area contributed by atoms with Gasteiger partial charge in [0.2, 0.25) is 15.9 Å². The third-order valence-electron chi connectivity index (χ3n) is 6.44.